The summed E-state index contributed by atoms with van der Waals surface area (Å²) in [7, 11) is 0. The van der Waals surface area contributed by atoms with E-state index in [1.807, 2.05) is 0 Å². The maximum absolute atomic E-state index is 10.4. The summed E-state index contributed by atoms with van der Waals surface area (Å²) in [4.78, 5) is 16.7. The number of nitrogens with one attached hydrogen (secondary N) is 1. The lowest BCUT2D eigenvalue weighted by atomic mass is 10.3. The smallest absolute Gasteiger partial charge is 0.289 e. The van der Waals surface area contributed by atoms with E-state index in [-0.39, 0.29) is 5.69 Å². The van der Waals surface area contributed by atoms with Crippen molar-refractivity contribution in [2.45, 2.75) is 0 Å². The highest BCUT2D eigenvalue weighted by molar-refractivity contribution is 9.10. The van der Waals surface area contributed by atoms with E-state index in [1.165, 1.54) is 12.3 Å². The maximum Gasteiger partial charge on any atom is 0.289 e. The van der Waals surface area contributed by atoms with Crippen LogP contribution in [-0.4, -0.2) is 14.9 Å². The number of fused-ring (bicyclic) bond motifs is 1. The molecule has 0 radical (unpaired) electrons. The molecule has 5 nitrogen and oxygen atoms in total. The average Bonchev–Trinajstić information content (AvgIpc) is 2.47. The van der Waals surface area contributed by atoms with Gasteiger partial charge in [-0.2, -0.15) is 0 Å². The molecule has 1 N–H and O–H groups in total. The molecule has 0 saturated carbocycles. The van der Waals surface area contributed by atoms with Crippen molar-refractivity contribution in [3.05, 3.63) is 33.0 Å². The van der Waals surface area contributed by atoms with Crippen LogP contribution in [0.5, 0.6) is 0 Å². The third-order valence-corrected chi connectivity index (χ3v) is 2.27. The zero-order valence-corrected chi connectivity index (χ0v) is 7.91. The van der Waals surface area contributed by atoms with Gasteiger partial charge in [0.15, 0.2) is 0 Å². The van der Waals surface area contributed by atoms with Gasteiger partial charge in [0.2, 0.25) is 0 Å². The summed E-state index contributed by atoms with van der Waals surface area (Å²) in [5, 5.41) is 10.4. The van der Waals surface area contributed by atoms with E-state index in [2.05, 4.69) is 25.9 Å². The SMILES string of the molecule is O=[N+]([O-])c1cnc2c(Br)c[nH]c2c1. The molecule has 2 aromatic heterocycles. The first-order chi connectivity index (χ1) is 6.18. The Morgan fingerprint density at radius 2 is 2.38 bits per heavy atom. The molecule has 0 aliphatic rings. The molecule has 0 unspecified atom stereocenters. The predicted molar refractivity (Wildman–Crippen MR) is 50.4 cm³/mol. The number of H-pyrrole nitrogens is 1. The molecule has 2 rings (SSSR count). The maximum atomic E-state index is 10.4. The second kappa shape index (κ2) is 2.81. The highest BCUT2D eigenvalue weighted by Crippen LogP contribution is 2.23. The Morgan fingerprint density at radius 3 is 3.08 bits per heavy atom. The predicted octanol–water partition coefficient (Wildman–Crippen LogP) is 2.23. The summed E-state index contributed by atoms with van der Waals surface area (Å²) in [6, 6.07) is 1.45. The normalized spacial score (nSPS) is 10.5. The molecule has 6 heteroatoms. The van der Waals surface area contributed by atoms with Gasteiger partial charge in [-0.1, -0.05) is 0 Å². The number of nitrogens with zero attached hydrogens (tertiary/aromatic N) is 2. The fourth-order valence-electron chi connectivity index (χ4n) is 1.06. The Bertz CT molecular complexity index is 480. The molecule has 2 heterocycles. The lowest BCUT2D eigenvalue weighted by Gasteiger charge is -1.90. The number of hydrogen-bond acceptors (Lipinski definition) is 3. The van der Waals surface area contributed by atoms with Crippen LogP contribution in [0.2, 0.25) is 0 Å². The van der Waals surface area contributed by atoms with Crippen LogP contribution in [-0.2, 0) is 0 Å². The van der Waals surface area contributed by atoms with Crippen LogP contribution >= 0.6 is 15.9 Å². The zero-order chi connectivity index (χ0) is 9.42. The van der Waals surface area contributed by atoms with Gasteiger partial charge in [0.25, 0.3) is 5.69 Å². The van der Waals surface area contributed by atoms with Gasteiger partial charge >= 0.3 is 0 Å². The summed E-state index contributed by atoms with van der Waals surface area (Å²) in [6.45, 7) is 0. The molecule has 0 aliphatic heterocycles. The third kappa shape index (κ3) is 1.29. The number of pyridine rings is 1. The molecule has 0 spiro atoms. The number of nitro groups is 1. The second-order valence-electron chi connectivity index (χ2n) is 2.48. The first-order valence-corrected chi connectivity index (χ1v) is 4.25. The standard InChI is InChI=1S/C7H4BrN3O2/c8-5-3-9-6-1-4(11(12)13)2-10-7(5)6/h1-3,9H. The Labute approximate surface area is 81.1 Å². The summed E-state index contributed by atoms with van der Waals surface area (Å²) in [6.07, 6.45) is 2.93. The monoisotopic (exact) mass is 241 g/mol. The highest BCUT2D eigenvalue weighted by atomic mass is 79.9. The second-order valence-corrected chi connectivity index (χ2v) is 3.34. The molecule has 0 aliphatic carbocycles. The lowest BCUT2D eigenvalue weighted by molar-refractivity contribution is -0.385. The van der Waals surface area contributed by atoms with E-state index in [1.54, 1.807) is 6.20 Å². The molecule has 0 atom stereocenters. The zero-order valence-electron chi connectivity index (χ0n) is 6.32. The number of hydrogen-bond donors (Lipinski definition) is 1. The fraction of sp³-hybridized carbons (Fsp3) is 0. The number of rotatable bonds is 1. The molecule has 0 saturated heterocycles. The van der Waals surface area contributed by atoms with Gasteiger partial charge in [0.05, 0.1) is 14.9 Å². The Hall–Kier alpha value is -1.43. The van der Waals surface area contributed by atoms with Gasteiger partial charge in [0.1, 0.15) is 11.7 Å². The molecule has 0 fully saturated rings. The van der Waals surface area contributed by atoms with Crippen molar-refractivity contribution in [1.29, 1.82) is 0 Å². The Balaban J connectivity index is 2.70. The quantitative estimate of drug-likeness (QED) is 0.615. The van der Waals surface area contributed by atoms with Crippen LogP contribution in [0.25, 0.3) is 11.0 Å². The summed E-state index contributed by atoms with van der Waals surface area (Å²) in [5.74, 6) is 0. The average molecular weight is 242 g/mol. The van der Waals surface area contributed by atoms with E-state index in [0.29, 0.717) is 11.0 Å². The molecule has 66 valence electrons. The minimum absolute atomic E-state index is 0.0122. The summed E-state index contributed by atoms with van der Waals surface area (Å²) < 4.78 is 0.803. The van der Waals surface area contributed by atoms with E-state index < -0.39 is 4.92 Å². The van der Waals surface area contributed by atoms with Crippen LogP contribution in [0.4, 0.5) is 5.69 Å². The number of halogens is 1. The number of aromatic amines is 1. The lowest BCUT2D eigenvalue weighted by Crippen LogP contribution is -1.88. The number of aromatic nitrogens is 2. The molecular weight excluding hydrogens is 238 g/mol. The summed E-state index contributed by atoms with van der Waals surface area (Å²) >= 11 is 3.26. The van der Waals surface area contributed by atoms with Gasteiger partial charge in [-0.05, 0) is 15.9 Å². The molecule has 0 amide bonds. The van der Waals surface area contributed by atoms with Crippen LogP contribution < -0.4 is 0 Å². The van der Waals surface area contributed by atoms with Crippen molar-refractivity contribution in [2.24, 2.45) is 0 Å². The molecule has 0 bridgehead atoms. The van der Waals surface area contributed by atoms with Crippen LogP contribution in [0.15, 0.2) is 22.9 Å². The summed E-state index contributed by atoms with van der Waals surface area (Å²) in [5.41, 5.74) is 1.34. The minimum atomic E-state index is -0.471. The van der Waals surface area contributed by atoms with Crippen molar-refractivity contribution in [3.63, 3.8) is 0 Å². The van der Waals surface area contributed by atoms with Crippen molar-refractivity contribution in [1.82, 2.24) is 9.97 Å². The topological polar surface area (TPSA) is 71.8 Å². The van der Waals surface area contributed by atoms with Gasteiger partial charge in [-0.3, -0.25) is 10.1 Å². The van der Waals surface area contributed by atoms with Crippen molar-refractivity contribution in [2.75, 3.05) is 0 Å². The first kappa shape index (κ1) is 8.18. The molecule has 13 heavy (non-hydrogen) atoms. The van der Waals surface area contributed by atoms with E-state index >= 15 is 0 Å². The van der Waals surface area contributed by atoms with Gasteiger partial charge in [-0.25, -0.2) is 4.98 Å². The molecular formula is C7H4BrN3O2. The van der Waals surface area contributed by atoms with Crippen molar-refractivity contribution < 1.29 is 4.92 Å². The van der Waals surface area contributed by atoms with Crippen LogP contribution in [0.3, 0.4) is 0 Å². The van der Waals surface area contributed by atoms with Crippen molar-refractivity contribution >= 4 is 32.7 Å². The molecule has 0 aromatic carbocycles. The largest absolute Gasteiger partial charge is 0.359 e. The minimum Gasteiger partial charge on any atom is -0.359 e. The Morgan fingerprint density at radius 1 is 1.62 bits per heavy atom. The highest BCUT2D eigenvalue weighted by Gasteiger charge is 2.09. The van der Waals surface area contributed by atoms with Gasteiger partial charge in [0, 0.05) is 12.3 Å². The first-order valence-electron chi connectivity index (χ1n) is 3.45. The molecule has 2 aromatic rings. The van der Waals surface area contributed by atoms with E-state index in [0.717, 1.165) is 4.47 Å². The third-order valence-electron chi connectivity index (χ3n) is 1.66. The van der Waals surface area contributed by atoms with E-state index in [4.69, 9.17) is 0 Å². The van der Waals surface area contributed by atoms with Crippen LogP contribution in [0, 0.1) is 10.1 Å². The van der Waals surface area contributed by atoms with E-state index in [9.17, 15) is 10.1 Å². The fourth-order valence-corrected chi connectivity index (χ4v) is 1.49. The van der Waals surface area contributed by atoms with Crippen molar-refractivity contribution in [3.8, 4) is 0 Å². The van der Waals surface area contributed by atoms with Gasteiger partial charge < -0.3 is 4.98 Å². The Kier molecular flexibility index (Phi) is 1.77. The van der Waals surface area contributed by atoms with Crippen LogP contribution in [0.1, 0.15) is 0 Å². The van der Waals surface area contributed by atoms with Gasteiger partial charge in [-0.15, -0.1) is 0 Å².